The summed E-state index contributed by atoms with van der Waals surface area (Å²) in [6.45, 7) is 4.35. The fraction of sp³-hybridized carbons (Fsp3) is 0.615. The molecule has 0 radical (unpaired) electrons. The summed E-state index contributed by atoms with van der Waals surface area (Å²) in [5.41, 5.74) is 0.196. The SMILES string of the molecule is CC1(C)CCCC(NS(=O)(=O)c2ccnc(Cl)c2)C1. The lowest BCUT2D eigenvalue weighted by Crippen LogP contribution is -2.40. The van der Waals surface area contributed by atoms with Gasteiger partial charge in [-0.15, -0.1) is 0 Å². The first kappa shape index (κ1) is 14.8. The summed E-state index contributed by atoms with van der Waals surface area (Å²) < 4.78 is 27.3. The smallest absolute Gasteiger partial charge is 0.240 e. The molecule has 1 aromatic rings. The van der Waals surface area contributed by atoms with E-state index in [1.165, 1.54) is 18.3 Å². The molecule has 0 amide bonds. The van der Waals surface area contributed by atoms with Crippen LogP contribution in [0.3, 0.4) is 0 Å². The van der Waals surface area contributed by atoms with E-state index in [0.717, 1.165) is 25.7 Å². The normalized spacial score (nSPS) is 23.2. The minimum atomic E-state index is -3.51. The van der Waals surface area contributed by atoms with Gasteiger partial charge in [0.2, 0.25) is 10.0 Å². The van der Waals surface area contributed by atoms with E-state index in [2.05, 4.69) is 23.6 Å². The van der Waals surface area contributed by atoms with Gasteiger partial charge in [-0.2, -0.15) is 0 Å². The summed E-state index contributed by atoms with van der Waals surface area (Å²) in [5.74, 6) is 0. The van der Waals surface area contributed by atoms with Gasteiger partial charge in [-0.25, -0.2) is 18.1 Å². The second-order valence-corrected chi connectivity index (χ2v) is 7.99. The van der Waals surface area contributed by atoms with Crippen LogP contribution >= 0.6 is 11.6 Å². The zero-order valence-electron chi connectivity index (χ0n) is 11.2. The number of halogens is 1. The molecule has 1 aliphatic rings. The van der Waals surface area contributed by atoms with E-state index in [-0.39, 0.29) is 21.5 Å². The van der Waals surface area contributed by atoms with Crippen LogP contribution < -0.4 is 4.72 Å². The van der Waals surface area contributed by atoms with Gasteiger partial charge in [-0.05, 0) is 36.8 Å². The molecule has 0 aliphatic heterocycles. The Morgan fingerprint density at radius 3 is 2.84 bits per heavy atom. The van der Waals surface area contributed by atoms with Gasteiger partial charge in [0.15, 0.2) is 0 Å². The van der Waals surface area contributed by atoms with Crippen LogP contribution in [0.25, 0.3) is 0 Å². The molecule has 0 spiro atoms. The molecule has 6 heteroatoms. The highest BCUT2D eigenvalue weighted by atomic mass is 35.5. The third-order valence-corrected chi connectivity index (χ3v) is 5.26. The Hall–Kier alpha value is -0.650. The first-order valence-electron chi connectivity index (χ1n) is 6.42. The maximum absolute atomic E-state index is 12.3. The third-order valence-electron chi connectivity index (χ3n) is 3.54. The Kier molecular flexibility index (Phi) is 4.18. The number of nitrogens with one attached hydrogen (secondary N) is 1. The molecule has 2 rings (SSSR count). The van der Waals surface area contributed by atoms with Crippen molar-refractivity contribution in [2.24, 2.45) is 5.41 Å². The van der Waals surface area contributed by atoms with Gasteiger partial charge >= 0.3 is 0 Å². The molecule has 1 saturated carbocycles. The number of sulfonamides is 1. The van der Waals surface area contributed by atoms with Crippen molar-refractivity contribution >= 4 is 21.6 Å². The fourth-order valence-electron chi connectivity index (χ4n) is 2.64. The van der Waals surface area contributed by atoms with Crippen molar-refractivity contribution in [3.05, 3.63) is 23.5 Å². The van der Waals surface area contributed by atoms with Gasteiger partial charge in [0.05, 0.1) is 4.90 Å². The molecule has 1 aliphatic carbocycles. The number of hydrogen-bond donors (Lipinski definition) is 1. The van der Waals surface area contributed by atoms with Crippen molar-refractivity contribution in [3.8, 4) is 0 Å². The fourth-order valence-corrected chi connectivity index (χ4v) is 4.16. The number of aromatic nitrogens is 1. The van der Waals surface area contributed by atoms with Gasteiger partial charge in [0.25, 0.3) is 0 Å². The Balaban J connectivity index is 2.13. The van der Waals surface area contributed by atoms with E-state index in [1.807, 2.05) is 0 Å². The number of rotatable bonds is 3. The second-order valence-electron chi connectivity index (χ2n) is 5.89. The second kappa shape index (κ2) is 5.38. The van der Waals surface area contributed by atoms with E-state index >= 15 is 0 Å². The maximum atomic E-state index is 12.3. The van der Waals surface area contributed by atoms with E-state index in [4.69, 9.17) is 11.6 Å². The molecule has 1 unspecified atom stereocenters. The maximum Gasteiger partial charge on any atom is 0.240 e. The van der Waals surface area contributed by atoms with Gasteiger partial charge in [-0.3, -0.25) is 0 Å². The average Bonchev–Trinajstić information content (AvgIpc) is 2.27. The molecule has 1 aromatic heterocycles. The van der Waals surface area contributed by atoms with Gasteiger partial charge < -0.3 is 0 Å². The van der Waals surface area contributed by atoms with Crippen LogP contribution in [-0.4, -0.2) is 19.4 Å². The van der Waals surface area contributed by atoms with E-state index in [1.54, 1.807) is 0 Å². The van der Waals surface area contributed by atoms with E-state index in [9.17, 15) is 8.42 Å². The van der Waals surface area contributed by atoms with Crippen LogP contribution in [0, 0.1) is 5.41 Å². The molecule has 106 valence electrons. The summed E-state index contributed by atoms with van der Waals surface area (Å²) in [6.07, 6.45) is 5.36. The zero-order valence-corrected chi connectivity index (χ0v) is 12.8. The Bertz CT molecular complexity index is 558. The molecule has 0 saturated heterocycles. The number of nitrogens with zero attached hydrogens (tertiary/aromatic N) is 1. The summed E-state index contributed by atoms with van der Waals surface area (Å²) in [7, 11) is -3.51. The standard InChI is InChI=1S/C13H19ClN2O2S/c1-13(2)6-3-4-10(9-13)16-19(17,18)11-5-7-15-12(14)8-11/h5,7-8,10,16H,3-4,6,9H2,1-2H3. The highest BCUT2D eigenvalue weighted by Crippen LogP contribution is 2.35. The minimum absolute atomic E-state index is 0.000640. The van der Waals surface area contributed by atoms with Gasteiger partial charge in [0, 0.05) is 12.2 Å². The highest BCUT2D eigenvalue weighted by molar-refractivity contribution is 7.89. The van der Waals surface area contributed by atoms with Crippen LogP contribution in [-0.2, 0) is 10.0 Å². The summed E-state index contributed by atoms with van der Waals surface area (Å²) >= 11 is 5.74. The van der Waals surface area contributed by atoms with Gasteiger partial charge in [0.1, 0.15) is 5.15 Å². The van der Waals surface area contributed by atoms with Crippen LogP contribution in [0.4, 0.5) is 0 Å². The van der Waals surface area contributed by atoms with Crippen LogP contribution in [0.5, 0.6) is 0 Å². The predicted octanol–water partition coefficient (Wildman–Crippen LogP) is 2.98. The molecular formula is C13H19ClN2O2S. The molecular weight excluding hydrogens is 284 g/mol. The zero-order chi connectivity index (χ0) is 14.1. The molecule has 1 fully saturated rings. The topological polar surface area (TPSA) is 59.1 Å². The Morgan fingerprint density at radius 2 is 2.21 bits per heavy atom. The molecule has 1 heterocycles. The van der Waals surface area contributed by atoms with Crippen LogP contribution in [0.1, 0.15) is 39.5 Å². The van der Waals surface area contributed by atoms with Crippen molar-refractivity contribution in [3.63, 3.8) is 0 Å². The third kappa shape index (κ3) is 3.91. The van der Waals surface area contributed by atoms with Gasteiger partial charge in [-0.1, -0.05) is 31.9 Å². The lowest BCUT2D eigenvalue weighted by atomic mass is 9.75. The van der Waals surface area contributed by atoms with Crippen molar-refractivity contribution < 1.29 is 8.42 Å². The highest BCUT2D eigenvalue weighted by Gasteiger charge is 2.30. The molecule has 0 aromatic carbocycles. The molecule has 19 heavy (non-hydrogen) atoms. The minimum Gasteiger partial charge on any atom is -0.244 e. The van der Waals surface area contributed by atoms with E-state index < -0.39 is 10.0 Å². The number of pyridine rings is 1. The molecule has 4 nitrogen and oxygen atoms in total. The monoisotopic (exact) mass is 302 g/mol. The van der Waals surface area contributed by atoms with Crippen LogP contribution in [0.2, 0.25) is 5.15 Å². The molecule has 1 atom stereocenters. The Morgan fingerprint density at radius 1 is 1.47 bits per heavy atom. The largest absolute Gasteiger partial charge is 0.244 e. The van der Waals surface area contributed by atoms with Crippen molar-refractivity contribution in [2.75, 3.05) is 0 Å². The lowest BCUT2D eigenvalue weighted by Gasteiger charge is -2.35. The van der Waals surface area contributed by atoms with E-state index in [0.29, 0.717) is 0 Å². The summed E-state index contributed by atoms with van der Waals surface area (Å²) in [6, 6.07) is 2.83. The van der Waals surface area contributed by atoms with Crippen molar-refractivity contribution in [2.45, 2.75) is 50.5 Å². The molecule has 0 bridgehead atoms. The Labute approximate surface area is 119 Å². The van der Waals surface area contributed by atoms with Crippen molar-refractivity contribution in [1.29, 1.82) is 0 Å². The average molecular weight is 303 g/mol. The lowest BCUT2D eigenvalue weighted by molar-refractivity contribution is 0.212. The quantitative estimate of drug-likeness (QED) is 0.873. The summed E-state index contributed by atoms with van der Waals surface area (Å²) in [4.78, 5) is 3.97. The first-order chi connectivity index (χ1) is 8.78. The van der Waals surface area contributed by atoms with Crippen LogP contribution in [0.15, 0.2) is 23.2 Å². The first-order valence-corrected chi connectivity index (χ1v) is 8.29. The predicted molar refractivity (Wildman–Crippen MR) is 75.6 cm³/mol. The van der Waals surface area contributed by atoms with Crippen molar-refractivity contribution in [1.82, 2.24) is 9.71 Å². The number of hydrogen-bond acceptors (Lipinski definition) is 3. The summed E-state index contributed by atoms with van der Waals surface area (Å²) in [5, 5.41) is 0.187. The molecule has 1 N–H and O–H groups in total.